The van der Waals surface area contributed by atoms with E-state index in [1.807, 2.05) is 20.1 Å². The van der Waals surface area contributed by atoms with Crippen LogP contribution in [-0.2, 0) is 0 Å². The van der Waals surface area contributed by atoms with Gasteiger partial charge in [0.25, 0.3) is 0 Å². The zero-order valence-electron chi connectivity index (χ0n) is 11.7. The lowest BCUT2D eigenvalue weighted by Gasteiger charge is -2.23. The van der Waals surface area contributed by atoms with Gasteiger partial charge < -0.3 is 16.2 Å². The van der Waals surface area contributed by atoms with Gasteiger partial charge in [0, 0.05) is 22.8 Å². The standard InChI is InChI=1S/C13H22N4OS/c1-7-11(14)16-13(9-4-5-9)17-12(7)15-8(2)10(6-18)19-3/h8-10,18H,4-6H2,1-3H3,(H3,14,15,16,17). The second-order valence-corrected chi connectivity index (χ2v) is 6.18. The van der Waals surface area contributed by atoms with E-state index in [-0.39, 0.29) is 17.9 Å². The monoisotopic (exact) mass is 282 g/mol. The Morgan fingerprint density at radius 1 is 1.47 bits per heavy atom. The Hall–Kier alpha value is -1.01. The van der Waals surface area contributed by atoms with Crippen molar-refractivity contribution in [2.24, 2.45) is 0 Å². The van der Waals surface area contributed by atoms with Crippen LogP contribution >= 0.6 is 11.8 Å². The van der Waals surface area contributed by atoms with Crippen molar-refractivity contribution in [3.05, 3.63) is 11.4 Å². The second-order valence-electron chi connectivity index (χ2n) is 5.10. The van der Waals surface area contributed by atoms with Gasteiger partial charge in [-0.05, 0) is 32.9 Å². The molecule has 1 aromatic rings. The van der Waals surface area contributed by atoms with E-state index in [0.29, 0.717) is 11.7 Å². The maximum Gasteiger partial charge on any atom is 0.136 e. The summed E-state index contributed by atoms with van der Waals surface area (Å²) < 4.78 is 0. The number of thioether (sulfide) groups is 1. The van der Waals surface area contributed by atoms with E-state index in [9.17, 15) is 5.11 Å². The van der Waals surface area contributed by atoms with Crippen LogP contribution in [0.4, 0.5) is 11.6 Å². The van der Waals surface area contributed by atoms with Crippen molar-refractivity contribution >= 4 is 23.4 Å². The summed E-state index contributed by atoms with van der Waals surface area (Å²) in [6.07, 6.45) is 4.30. The highest BCUT2D eigenvalue weighted by Gasteiger charge is 2.28. The molecule has 0 radical (unpaired) electrons. The Bertz CT molecular complexity index is 447. The van der Waals surface area contributed by atoms with Gasteiger partial charge in [-0.25, -0.2) is 9.97 Å². The first-order valence-corrected chi connectivity index (χ1v) is 7.89. The van der Waals surface area contributed by atoms with E-state index >= 15 is 0 Å². The van der Waals surface area contributed by atoms with E-state index in [4.69, 9.17) is 5.73 Å². The number of nitrogens with one attached hydrogen (secondary N) is 1. The molecule has 0 saturated heterocycles. The molecule has 1 aliphatic carbocycles. The van der Waals surface area contributed by atoms with Gasteiger partial charge in [0.2, 0.25) is 0 Å². The number of anilines is 2. The third-order valence-electron chi connectivity index (χ3n) is 3.55. The van der Waals surface area contributed by atoms with Gasteiger partial charge in [0.15, 0.2) is 0 Å². The van der Waals surface area contributed by atoms with Crippen molar-refractivity contribution in [2.45, 2.75) is 43.9 Å². The van der Waals surface area contributed by atoms with E-state index < -0.39 is 0 Å². The summed E-state index contributed by atoms with van der Waals surface area (Å²) in [5, 5.41) is 12.8. The van der Waals surface area contributed by atoms with E-state index in [1.54, 1.807) is 11.8 Å². The fraction of sp³-hybridized carbons (Fsp3) is 0.692. The lowest BCUT2D eigenvalue weighted by Crippen LogP contribution is -2.31. The summed E-state index contributed by atoms with van der Waals surface area (Å²) in [6, 6.07) is 0.125. The molecule has 106 valence electrons. The van der Waals surface area contributed by atoms with Crippen LogP contribution < -0.4 is 11.1 Å². The number of hydrogen-bond acceptors (Lipinski definition) is 6. The van der Waals surface area contributed by atoms with Gasteiger partial charge in [0.1, 0.15) is 17.5 Å². The zero-order chi connectivity index (χ0) is 14.0. The molecule has 1 saturated carbocycles. The fourth-order valence-corrected chi connectivity index (χ4v) is 2.59. The number of nitrogens with zero attached hydrogens (tertiary/aromatic N) is 2. The molecule has 0 amide bonds. The molecule has 1 aromatic heterocycles. The number of rotatable bonds is 6. The molecular formula is C13H22N4OS. The highest BCUT2D eigenvalue weighted by atomic mass is 32.2. The van der Waals surface area contributed by atoms with E-state index in [2.05, 4.69) is 15.3 Å². The molecule has 6 heteroatoms. The van der Waals surface area contributed by atoms with Crippen LogP contribution in [0.2, 0.25) is 0 Å². The summed E-state index contributed by atoms with van der Waals surface area (Å²) in [7, 11) is 0. The maximum absolute atomic E-state index is 9.33. The minimum atomic E-state index is 0.125. The average Bonchev–Trinajstić information content (AvgIpc) is 3.20. The van der Waals surface area contributed by atoms with Crippen LogP contribution in [0.15, 0.2) is 0 Å². The Morgan fingerprint density at radius 2 is 2.16 bits per heavy atom. The predicted molar refractivity (Wildman–Crippen MR) is 80.6 cm³/mol. The Labute approximate surface area is 118 Å². The van der Waals surface area contributed by atoms with Crippen molar-refractivity contribution in [2.75, 3.05) is 23.9 Å². The number of aliphatic hydroxyl groups excluding tert-OH is 1. The van der Waals surface area contributed by atoms with Crippen LogP contribution in [-0.4, -0.2) is 39.2 Å². The summed E-state index contributed by atoms with van der Waals surface area (Å²) in [6.45, 7) is 4.12. The topological polar surface area (TPSA) is 84.1 Å². The molecule has 0 spiro atoms. The van der Waals surface area contributed by atoms with Crippen LogP contribution in [0.1, 0.15) is 37.1 Å². The molecule has 1 aliphatic rings. The number of nitrogens with two attached hydrogens (primary N) is 1. The number of nitrogen functional groups attached to an aromatic ring is 1. The second kappa shape index (κ2) is 5.96. The lowest BCUT2D eigenvalue weighted by molar-refractivity contribution is 0.288. The summed E-state index contributed by atoms with van der Waals surface area (Å²) >= 11 is 1.64. The first kappa shape index (κ1) is 14.4. The molecule has 0 bridgehead atoms. The highest BCUT2D eigenvalue weighted by Crippen LogP contribution is 2.39. The van der Waals surface area contributed by atoms with Gasteiger partial charge >= 0.3 is 0 Å². The summed E-state index contributed by atoms with van der Waals surface area (Å²) in [4.78, 5) is 8.95. The van der Waals surface area contributed by atoms with Gasteiger partial charge in [0.05, 0.1) is 6.61 Å². The van der Waals surface area contributed by atoms with Crippen LogP contribution in [0.3, 0.4) is 0 Å². The smallest absolute Gasteiger partial charge is 0.136 e. The van der Waals surface area contributed by atoms with Crippen molar-refractivity contribution in [3.8, 4) is 0 Å². The van der Waals surface area contributed by atoms with Crippen molar-refractivity contribution in [1.29, 1.82) is 0 Å². The average molecular weight is 282 g/mol. The molecule has 5 nitrogen and oxygen atoms in total. The van der Waals surface area contributed by atoms with Crippen LogP contribution in [0.25, 0.3) is 0 Å². The first-order valence-electron chi connectivity index (χ1n) is 6.61. The van der Waals surface area contributed by atoms with Gasteiger partial charge in [-0.3, -0.25) is 0 Å². The molecule has 1 fully saturated rings. The number of aliphatic hydroxyl groups is 1. The van der Waals surface area contributed by atoms with Gasteiger partial charge in [-0.15, -0.1) is 0 Å². The summed E-state index contributed by atoms with van der Waals surface area (Å²) in [5.41, 5.74) is 6.84. The molecule has 2 atom stereocenters. The fourth-order valence-electron chi connectivity index (χ4n) is 1.96. The largest absolute Gasteiger partial charge is 0.395 e. The molecule has 4 N–H and O–H groups in total. The minimum absolute atomic E-state index is 0.125. The molecule has 0 aromatic carbocycles. The maximum atomic E-state index is 9.33. The molecule has 2 unspecified atom stereocenters. The van der Waals surface area contributed by atoms with E-state index in [1.165, 1.54) is 0 Å². The predicted octanol–water partition coefficient (Wildman–Crippen LogP) is 1.77. The minimum Gasteiger partial charge on any atom is -0.395 e. The zero-order valence-corrected chi connectivity index (χ0v) is 12.5. The van der Waals surface area contributed by atoms with Gasteiger partial charge in [-0.1, -0.05) is 0 Å². The Kier molecular flexibility index (Phi) is 4.52. The SMILES string of the molecule is CSC(CO)C(C)Nc1nc(C2CC2)nc(N)c1C. The summed E-state index contributed by atoms with van der Waals surface area (Å²) in [5.74, 6) is 2.68. The van der Waals surface area contributed by atoms with E-state index in [0.717, 1.165) is 30.0 Å². The van der Waals surface area contributed by atoms with Crippen molar-refractivity contribution in [1.82, 2.24) is 9.97 Å². The molecule has 0 aliphatic heterocycles. The third kappa shape index (κ3) is 3.30. The number of hydrogen-bond donors (Lipinski definition) is 3. The molecule has 19 heavy (non-hydrogen) atoms. The first-order chi connectivity index (χ1) is 9.06. The van der Waals surface area contributed by atoms with Crippen molar-refractivity contribution in [3.63, 3.8) is 0 Å². The molecular weight excluding hydrogens is 260 g/mol. The quantitative estimate of drug-likeness (QED) is 0.737. The third-order valence-corrected chi connectivity index (χ3v) is 4.71. The highest BCUT2D eigenvalue weighted by molar-refractivity contribution is 7.99. The number of aromatic nitrogens is 2. The van der Waals surface area contributed by atoms with Crippen molar-refractivity contribution < 1.29 is 5.11 Å². The van der Waals surface area contributed by atoms with Crippen LogP contribution in [0, 0.1) is 6.92 Å². The Morgan fingerprint density at radius 3 is 2.68 bits per heavy atom. The lowest BCUT2D eigenvalue weighted by atomic mass is 10.2. The molecule has 2 rings (SSSR count). The Balaban J connectivity index is 2.18. The molecule has 1 heterocycles. The van der Waals surface area contributed by atoms with Gasteiger partial charge in [-0.2, -0.15) is 11.8 Å². The normalized spacial score (nSPS) is 18.1. The van der Waals surface area contributed by atoms with Crippen LogP contribution in [0.5, 0.6) is 0 Å².